The van der Waals surface area contributed by atoms with Crippen LogP contribution < -0.4 is 0 Å². The van der Waals surface area contributed by atoms with E-state index >= 15 is 0 Å². The Bertz CT molecular complexity index is 368. The Labute approximate surface area is 91.2 Å². The van der Waals surface area contributed by atoms with Crippen LogP contribution in [0.4, 0.5) is 0 Å². The zero-order valence-corrected chi connectivity index (χ0v) is 9.82. The molecule has 82 valence electrons. The van der Waals surface area contributed by atoms with Gasteiger partial charge in [0, 0.05) is 11.1 Å². The van der Waals surface area contributed by atoms with E-state index in [-0.39, 0.29) is 5.41 Å². The first-order chi connectivity index (χ1) is 7.07. The van der Waals surface area contributed by atoms with Crippen LogP contribution >= 0.6 is 0 Å². The molecule has 0 aliphatic heterocycles. The smallest absolute Gasteiger partial charge is 0.0885 e. The van der Waals surface area contributed by atoms with Crippen LogP contribution in [-0.4, -0.2) is 15.0 Å². The standard InChI is InChI=1S/C12H19N3/c1-12(2,3)11-9-15(14-13-11)10-7-5-4-6-8-10/h7,9H,4-6,8H2,1-3H3. The van der Waals surface area contributed by atoms with E-state index in [0.29, 0.717) is 0 Å². The highest BCUT2D eigenvalue weighted by atomic mass is 15.4. The third-order valence-corrected chi connectivity index (χ3v) is 2.82. The van der Waals surface area contributed by atoms with Crippen molar-refractivity contribution in [3.05, 3.63) is 18.0 Å². The largest absolute Gasteiger partial charge is 0.225 e. The maximum absolute atomic E-state index is 4.23. The van der Waals surface area contributed by atoms with Crippen molar-refractivity contribution in [1.29, 1.82) is 0 Å². The van der Waals surface area contributed by atoms with Gasteiger partial charge in [-0.15, -0.1) is 5.10 Å². The number of hydrogen-bond donors (Lipinski definition) is 0. The number of allylic oxidation sites excluding steroid dienone is 2. The van der Waals surface area contributed by atoms with E-state index in [1.54, 1.807) is 0 Å². The zero-order valence-electron chi connectivity index (χ0n) is 9.82. The predicted molar refractivity (Wildman–Crippen MR) is 61.5 cm³/mol. The van der Waals surface area contributed by atoms with E-state index < -0.39 is 0 Å². The Morgan fingerprint density at radius 1 is 1.27 bits per heavy atom. The van der Waals surface area contributed by atoms with Crippen LogP contribution in [0.5, 0.6) is 0 Å². The second kappa shape index (κ2) is 3.80. The molecule has 0 aromatic carbocycles. The Morgan fingerprint density at radius 3 is 2.60 bits per heavy atom. The van der Waals surface area contributed by atoms with Crippen LogP contribution in [0.2, 0.25) is 0 Å². The number of hydrogen-bond acceptors (Lipinski definition) is 2. The van der Waals surface area contributed by atoms with Gasteiger partial charge < -0.3 is 0 Å². The summed E-state index contributed by atoms with van der Waals surface area (Å²) in [4.78, 5) is 0. The van der Waals surface area contributed by atoms with Crippen molar-refractivity contribution in [3.8, 4) is 0 Å². The van der Waals surface area contributed by atoms with Gasteiger partial charge >= 0.3 is 0 Å². The lowest BCUT2D eigenvalue weighted by Gasteiger charge is -2.14. The molecule has 3 nitrogen and oxygen atoms in total. The van der Waals surface area contributed by atoms with Gasteiger partial charge in [0.05, 0.1) is 11.9 Å². The molecule has 2 rings (SSSR count). The van der Waals surface area contributed by atoms with Crippen LogP contribution in [0.3, 0.4) is 0 Å². The van der Waals surface area contributed by atoms with Gasteiger partial charge in [0.25, 0.3) is 0 Å². The van der Waals surface area contributed by atoms with E-state index in [0.717, 1.165) is 12.1 Å². The fourth-order valence-corrected chi connectivity index (χ4v) is 1.78. The van der Waals surface area contributed by atoms with Gasteiger partial charge in [0.2, 0.25) is 0 Å². The third-order valence-electron chi connectivity index (χ3n) is 2.82. The molecule has 0 unspecified atom stereocenters. The van der Waals surface area contributed by atoms with Crippen molar-refractivity contribution in [2.75, 3.05) is 0 Å². The van der Waals surface area contributed by atoms with Gasteiger partial charge in [-0.05, 0) is 25.7 Å². The Balaban J connectivity index is 2.23. The minimum atomic E-state index is 0.0908. The second-order valence-corrected chi connectivity index (χ2v) is 5.24. The van der Waals surface area contributed by atoms with E-state index in [1.807, 2.05) is 4.68 Å². The Morgan fingerprint density at radius 2 is 2.07 bits per heavy atom. The SMILES string of the molecule is CC(C)(C)c1cn(C2=CCCCC2)nn1. The highest BCUT2D eigenvalue weighted by molar-refractivity contribution is 5.44. The van der Waals surface area contributed by atoms with Crippen molar-refractivity contribution in [1.82, 2.24) is 15.0 Å². The van der Waals surface area contributed by atoms with Crippen LogP contribution in [0, 0.1) is 0 Å². The van der Waals surface area contributed by atoms with Crippen molar-refractivity contribution < 1.29 is 0 Å². The molecular weight excluding hydrogens is 186 g/mol. The Kier molecular flexibility index (Phi) is 2.63. The van der Waals surface area contributed by atoms with Crippen molar-refractivity contribution in [3.63, 3.8) is 0 Å². The van der Waals surface area contributed by atoms with Gasteiger partial charge in [-0.25, -0.2) is 4.68 Å². The zero-order chi connectivity index (χ0) is 10.9. The normalized spacial score (nSPS) is 17.7. The molecule has 1 aromatic rings. The molecule has 0 fully saturated rings. The second-order valence-electron chi connectivity index (χ2n) is 5.24. The van der Waals surface area contributed by atoms with E-state index in [2.05, 4.69) is 43.4 Å². The highest BCUT2D eigenvalue weighted by Crippen LogP contribution is 2.24. The molecule has 0 amide bonds. The molecular formula is C12H19N3. The molecule has 15 heavy (non-hydrogen) atoms. The molecule has 1 heterocycles. The summed E-state index contributed by atoms with van der Waals surface area (Å²) in [5, 5.41) is 8.44. The van der Waals surface area contributed by atoms with Gasteiger partial charge in [0.15, 0.2) is 0 Å². The molecule has 0 atom stereocenters. The van der Waals surface area contributed by atoms with E-state index in [9.17, 15) is 0 Å². The summed E-state index contributed by atoms with van der Waals surface area (Å²) in [7, 11) is 0. The minimum absolute atomic E-state index is 0.0908. The van der Waals surface area contributed by atoms with E-state index in [4.69, 9.17) is 0 Å². The average Bonchev–Trinajstić information content (AvgIpc) is 2.67. The number of aromatic nitrogens is 3. The summed E-state index contributed by atoms with van der Waals surface area (Å²) < 4.78 is 1.94. The van der Waals surface area contributed by atoms with Gasteiger partial charge in [-0.1, -0.05) is 32.1 Å². The van der Waals surface area contributed by atoms with Crippen molar-refractivity contribution >= 4 is 5.70 Å². The monoisotopic (exact) mass is 205 g/mol. The van der Waals surface area contributed by atoms with Gasteiger partial charge in [0.1, 0.15) is 0 Å². The summed E-state index contributed by atoms with van der Waals surface area (Å²) in [5.74, 6) is 0. The molecule has 0 radical (unpaired) electrons. The predicted octanol–water partition coefficient (Wildman–Crippen LogP) is 2.99. The first kappa shape index (κ1) is 10.4. The quantitative estimate of drug-likeness (QED) is 0.705. The lowest BCUT2D eigenvalue weighted by Crippen LogP contribution is -2.11. The molecule has 0 N–H and O–H groups in total. The molecule has 0 bridgehead atoms. The fourth-order valence-electron chi connectivity index (χ4n) is 1.78. The molecule has 3 heteroatoms. The first-order valence-corrected chi connectivity index (χ1v) is 5.69. The fraction of sp³-hybridized carbons (Fsp3) is 0.667. The number of nitrogens with zero attached hydrogens (tertiary/aromatic N) is 3. The number of rotatable bonds is 1. The topological polar surface area (TPSA) is 30.7 Å². The molecule has 0 spiro atoms. The molecule has 1 aromatic heterocycles. The Hall–Kier alpha value is -1.12. The lowest BCUT2D eigenvalue weighted by atomic mass is 9.93. The summed E-state index contributed by atoms with van der Waals surface area (Å²) in [6.45, 7) is 6.49. The van der Waals surface area contributed by atoms with Crippen LogP contribution in [0.1, 0.15) is 52.1 Å². The van der Waals surface area contributed by atoms with Gasteiger partial charge in [-0.3, -0.25) is 0 Å². The average molecular weight is 205 g/mol. The summed E-state index contributed by atoms with van der Waals surface area (Å²) in [5.41, 5.74) is 2.46. The molecule has 1 aliphatic carbocycles. The summed E-state index contributed by atoms with van der Waals surface area (Å²) >= 11 is 0. The summed E-state index contributed by atoms with van der Waals surface area (Å²) in [6.07, 6.45) is 9.25. The lowest BCUT2D eigenvalue weighted by molar-refractivity contribution is 0.566. The van der Waals surface area contributed by atoms with Crippen molar-refractivity contribution in [2.45, 2.75) is 51.9 Å². The van der Waals surface area contributed by atoms with Crippen LogP contribution in [0.15, 0.2) is 12.3 Å². The maximum atomic E-state index is 4.23. The molecule has 1 aliphatic rings. The van der Waals surface area contributed by atoms with Crippen LogP contribution in [-0.2, 0) is 5.41 Å². The van der Waals surface area contributed by atoms with Crippen LogP contribution in [0.25, 0.3) is 5.70 Å². The van der Waals surface area contributed by atoms with Crippen molar-refractivity contribution in [2.24, 2.45) is 0 Å². The maximum Gasteiger partial charge on any atom is 0.0885 e. The minimum Gasteiger partial charge on any atom is -0.225 e. The molecule has 0 saturated carbocycles. The highest BCUT2D eigenvalue weighted by Gasteiger charge is 2.18. The van der Waals surface area contributed by atoms with Gasteiger partial charge in [-0.2, -0.15) is 0 Å². The molecule has 0 saturated heterocycles. The van der Waals surface area contributed by atoms with E-state index in [1.165, 1.54) is 25.0 Å². The first-order valence-electron chi connectivity index (χ1n) is 5.69. The summed E-state index contributed by atoms with van der Waals surface area (Å²) in [6, 6.07) is 0. The third kappa shape index (κ3) is 2.28.